The predicted molar refractivity (Wildman–Crippen MR) is 42.4 cm³/mol. The average Bonchev–Trinajstić information content (AvgIpc) is 2.67. The van der Waals surface area contributed by atoms with Crippen molar-refractivity contribution in [2.75, 3.05) is 13.2 Å². The predicted octanol–water partition coefficient (Wildman–Crippen LogP) is -0.379. The zero-order chi connectivity index (χ0) is 8.60. The standard InChI is InChI=1S/C6H12N2O3S/c9-12(10,7-6-2-3-6)8-4-1-5-11-8/h6-7H,1-5H2. The fourth-order valence-corrected chi connectivity index (χ4v) is 2.44. The minimum atomic E-state index is -3.34. The Labute approximate surface area is 71.8 Å². The van der Waals surface area contributed by atoms with E-state index in [1.54, 1.807) is 0 Å². The Kier molecular flexibility index (Phi) is 2.07. The lowest BCUT2D eigenvalue weighted by Crippen LogP contribution is -2.39. The van der Waals surface area contributed by atoms with E-state index in [1.165, 1.54) is 0 Å². The van der Waals surface area contributed by atoms with Crippen LogP contribution in [0.15, 0.2) is 0 Å². The first-order chi connectivity index (χ1) is 5.68. The van der Waals surface area contributed by atoms with Crippen molar-refractivity contribution < 1.29 is 13.3 Å². The molecular formula is C6H12N2O3S. The van der Waals surface area contributed by atoms with E-state index in [0.29, 0.717) is 13.2 Å². The van der Waals surface area contributed by atoms with E-state index in [0.717, 1.165) is 23.7 Å². The minimum Gasteiger partial charge on any atom is -0.283 e. The lowest BCUT2D eigenvalue weighted by atomic mass is 10.5. The van der Waals surface area contributed by atoms with Crippen LogP contribution in [0.2, 0.25) is 0 Å². The maximum Gasteiger partial charge on any atom is 0.301 e. The molecule has 0 aromatic heterocycles. The van der Waals surface area contributed by atoms with E-state index < -0.39 is 10.2 Å². The summed E-state index contributed by atoms with van der Waals surface area (Å²) in [5, 5.41) is 0. The zero-order valence-electron chi connectivity index (χ0n) is 6.69. The van der Waals surface area contributed by atoms with Crippen molar-refractivity contribution in [2.24, 2.45) is 0 Å². The Hall–Kier alpha value is -0.170. The highest BCUT2D eigenvalue weighted by Gasteiger charge is 2.33. The topological polar surface area (TPSA) is 58.6 Å². The largest absolute Gasteiger partial charge is 0.301 e. The second-order valence-electron chi connectivity index (χ2n) is 3.11. The van der Waals surface area contributed by atoms with Crippen molar-refractivity contribution >= 4 is 10.2 Å². The van der Waals surface area contributed by atoms with Gasteiger partial charge in [0.05, 0.1) is 6.61 Å². The summed E-state index contributed by atoms with van der Waals surface area (Å²) in [5.41, 5.74) is 0. The van der Waals surface area contributed by atoms with Crippen LogP contribution in [0.25, 0.3) is 0 Å². The number of nitrogens with zero attached hydrogens (tertiary/aromatic N) is 1. The van der Waals surface area contributed by atoms with Gasteiger partial charge in [-0.1, -0.05) is 4.47 Å². The highest BCUT2D eigenvalue weighted by molar-refractivity contribution is 7.87. The van der Waals surface area contributed by atoms with E-state index >= 15 is 0 Å². The molecule has 70 valence electrons. The van der Waals surface area contributed by atoms with Gasteiger partial charge in [-0.05, 0) is 19.3 Å². The first kappa shape index (κ1) is 8.43. The monoisotopic (exact) mass is 192 g/mol. The lowest BCUT2D eigenvalue weighted by molar-refractivity contribution is -0.0297. The molecule has 1 saturated heterocycles. The molecule has 0 unspecified atom stereocenters. The molecule has 0 aromatic carbocycles. The molecule has 1 aliphatic carbocycles. The molecule has 0 spiro atoms. The number of hydrogen-bond acceptors (Lipinski definition) is 3. The van der Waals surface area contributed by atoms with Gasteiger partial charge in [-0.25, -0.2) is 0 Å². The minimum absolute atomic E-state index is 0.152. The maximum atomic E-state index is 11.4. The average molecular weight is 192 g/mol. The van der Waals surface area contributed by atoms with Crippen LogP contribution in [-0.2, 0) is 15.0 Å². The van der Waals surface area contributed by atoms with E-state index in [-0.39, 0.29) is 6.04 Å². The Morgan fingerprint density at radius 3 is 2.67 bits per heavy atom. The molecule has 6 heteroatoms. The number of hydroxylamine groups is 1. The lowest BCUT2D eigenvalue weighted by Gasteiger charge is -2.13. The van der Waals surface area contributed by atoms with Crippen LogP contribution in [-0.4, -0.2) is 32.1 Å². The highest BCUT2D eigenvalue weighted by Crippen LogP contribution is 2.21. The van der Waals surface area contributed by atoms with Gasteiger partial charge in [-0.3, -0.25) is 4.84 Å². The Bertz CT molecular complexity index is 254. The fourth-order valence-electron chi connectivity index (χ4n) is 1.08. The van der Waals surface area contributed by atoms with Crippen LogP contribution >= 0.6 is 0 Å². The second-order valence-corrected chi connectivity index (χ2v) is 4.70. The summed E-state index contributed by atoms with van der Waals surface area (Å²) >= 11 is 0. The van der Waals surface area contributed by atoms with Crippen molar-refractivity contribution in [3.63, 3.8) is 0 Å². The molecule has 2 fully saturated rings. The summed E-state index contributed by atoms with van der Waals surface area (Å²) in [6.07, 6.45) is 2.69. The van der Waals surface area contributed by atoms with Crippen LogP contribution in [0, 0.1) is 0 Å². The van der Waals surface area contributed by atoms with Gasteiger partial charge in [0.25, 0.3) is 0 Å². The molecule has 0 radical (unpaired) electrons. The van der Waals surface area contributed by atoms with Crippen molar-refractivity contribution in [1.29, 1.82) is 0 Å². The number of hydrogen-bond donors (Lipinski definition) is 1. The number of rotatable bonds is 3. The highest BCUT2D eigenvalue weighted by atomic mass is 32.2. The normalized spacial score (nSPS) is 26.3. The van der Waals surface area contributed by atoms with Crippen molar-refractivity contribution in [3.05, 3.63) is 0 Å². The molecule has 1 N–H and O–H groups in total. The van der Waals surface area contributed by atoms with Gasteiger partial charge in [0, 0.05) is 12.6 Å². The van der Waals surface area contributed by atoms with Gasteiger partial charge < -0.3 is 0 Å². The second kappa shape index (κ2) is 2.95. The molecule has 0 amide bonds. The maximum absolute atomic E-state index is 11.4. The fraction of sp³-hybridized carbons (Fsp3) is 1.00. The Balaban J connectivity index is 1.97. The smallest absolute Gasteiger partial charge is 0.283 e. The zero-order valence-corrected chi connectivity index (χ0v) is 7.51. The molecule has 1 aliphatic heterocycles. The summed E-state index contributed by atoms with van der Waals surface area (Å²) < 4.78 is 26.3. The van der Waals surface area contributed by atoms with Gasteiger partial charge in [0.1, 0.15) is 0 Å². The van der Waals surface area contributed by atoms with Crippen molar-refractivity contribution in [1.82, 2.24) is 9.19 Å². The third-order valence-electron chi connectivity index (χ3n) is 1.88. The summed E-state index contributed by atoms with van der Waals surface area (Å²) in [4.78, 5) is 4.93. The summed E-state index contributed by atoms with van der Waals surface area (Å²) in [5.74, 6) is 0. The molecule has 2 aliphatic rings. The third kappa shape index (κ3) is 1.77. The van der Waals surface area contributed by atoms with E-state index in [4.69, 9.17) is 4.84 Å². The van der Waals surface area contributed by atoms with Gasteiger partial charge >= 0.3 is 10.2 Å². The molecule has 0 bridgehead atoms. The van der Waals surface area contributed by atoms with Crippen LogP contribution in [0.4, 0.5) is 0 Å². The van der Waals surface area contributed by atoms with E-state index in [9.17, 15) is 8.42 Å². The molecule has 0 aromatic rings. The molecule has 0 atom stereocenters. The summed E-state index contributed by atoms with van der Waals surface area (Å²) in [7, 11) is -3.34. The Morgan fingerprint density at radius 2 is 2.17 bits per heavy atom. The first-order valence-corrected chi connectivity index (χ1v) is 5.55. The molecule has 12 heavy (non-hydrogen) atoms. The van der Waals surface area contributed by atoms with E-state index in [1.807, 2.05) is 0 Å². The SMILES string of the molecule is O=S(=O)(NC1CC1)N1CCCO1. The van der Waals surface area contributed by atoms with Gasteiger partial charge in [0.2, 0.25) is 0 Å². The summed E-state index contributed by atoms with van der Waals surface area (Å²) in [6, 6.07) is 0.152. The Morgan fingerprint density at radius 1 is 1.42 bits per heavy atom. The summed E-state index contributed by atoms with van der Waals surface area (Å²) in [6.45, 7) is 0.980. The van der Waals surface area contributed by atoms with Gasteiger partial charge in [-0.2, -0.15) is 13.1 Å². The molecule has 1 saturated carbocycles. The molecule has 5 nitrogen and oxygen atoms in total. The van der Waals surface area contributed by atoms with Crippen LogP contribution in [0.5, 0.6) is 0 Å². The number of nitrogens with one attached hydrogen (secondary N) is 1. The van der Waals surface area contributed by atoms with Gasteiger partial charge in [0.15, 0.2) is 0 Å². The van der Waals surface area contributed by atoms with Gasteiger partial charge in [-0.15, -0.1) is 0 Å². The van der Waals surface area contributed by atoms with Crippen molar-refractivity contribution in [2.45, 2.75) is 25.3 Å². The quantitative estimate of drug-likeness (QED) is 0.663. The van der Waals surface area contributed by atoms with Crippen LogP contribution < -0.4 is 4.72 Å². The molecule has 1 heterocycles. The van der Waals surface area contributed by atoms with Crippen LogP contribution in [0.3, 0.4) is 0 Å². The first-order valence-electron chi connectivity index (χ1n) is 4.11. The van der Waals surface area contributed by atoms with E-state index in [2.05, 4.69) is 4.72 Å². The molecular weight excluding hydrogens is 180 g/mol. The van der Waals surface area contributed by atoms with Crippen LogP contribution in [0.1, 0.15) is 19.3 Å². The molecule has 2 rings (SSSR count). The third-order valence-corrected chi connectivity index (χ3v) is 3.34. The van der Waals surface area contributed by atoms with Crippen molar-refractivity contribution in [3.8, 4) is 0 Å².